The van der Waals surface area contributed by atoms with Gasteiger partial charge in [-0.05, 0) is 30.3 Å². The molecule has 1 heterocycles. The van der Waals surface area contributed by atoms with Crippen LogP contribution in [0.25, 0.3) is 16.9 Å². The predicted octanol–water partition coefficient (Wildman–Crippen LogP) is 3.22. The van der Waals surface area contributed by atoms with Crippen molar-refractivity contribution in [2.24, 2.45) is 0 Å². The monoisotopic (exact) mass is 303 g/mol. The molecular formula is C15H11ClFN3O. The number of hydrogen-bond donors (Lipinski definition) is 1. The highest BCUT2D eigenvalue weighted by Gasteiger charge is 2.18. The predicted molar refractivity (Wildman–Crippen MR) is 77.7 cm³/mol. The van der Waals surface area contributed by atoms with Gasteiger partial charge in [0.05, 0.1) is 12.3 Å². The van der Waals surface area contributed by atoms with Gasteiger partial charge in [0.2, 0.25) is 0 Å². The van der Waals surface area contributed by atoms with Gasteiger partial charge in [0.15, 0.2) is 0 Å². The van der Waals surface area contributed by atoms with E-state index in [4.69, 9.17) is 11.6 Å². The van der Waals surface area contributed by atoms with Gasteiger partial charge in [-0.3, -0.25) is 0 Å². The first kappa shape index (κ1) is 13.7. The summed E-state index contributed by atoms with van der Waals surface area (Å²) < 4.78 is 15.5. The molecule has 6 heteroatoms. The van der Waals surface area contributed by atoms with Crippen molar-refractivity contribution in [1.82, 2.24) is 15.0 Å². The quantitative estimate of drug-likeness (QED) is 0.808. The molecule has 21 heavy (non-hydrogen) atoms. The largest absolute Gasteiger partial charge is 0.390 e. The second-order valence-corrected chi connectivity index (χ2v) is 4.85. The molecule has 0 unspecified atom stereocenters. The zero-order valence-corrected chi connectivity index (χ0v) is 11.6. The van der Waals surface area contributed by atoms with E-state index in [2.05, 4.69) is 10.3 Å². The molecule has 0 bridgehead atoms. The van der Waals surface area contributed by atoms with Gasteiger partial charge < -0.3 is 5.11 Å². The Kier molecular flexibility index (Phi) is 3.68. The summed E-state index contributed by atoms with van der Waals surface area (Å²) in [5, 5.41) is 17.9. The van der Waals surface area contributed by atoms with E-state index in [0.717, 1.165) is 0 Å². The highest BCUT2D eigenvalue weighted by molar-refractivity contribution is 6.30. The molecule has 0 fully saturated rings. The molecule has 0 aliphatic carbocycles. The first-order valence-electron chi connectivity index (χ1n) is 6.27. The molecular weight excluding hydrogens is 293 g/mol. The standard InChI is InChI=1S/C15H11ClFN3O/c16-10-4-3-5-11(8-10)20-15(14(9-21)18-19-20)12-6-1-2-7-13(12)17/h1-8,21H,9H2. The minimum absolute atomic E-state index is 0.306. The molecule has 2 aromatic carbocycles. The van der Waals surface area contributed by atoms with Crippen molar-refractivity contribution in [2.75, 3.05) is 0 Å². The number of rotatable bonds is 3. The maximum Gasteiger partial charge on any atom is 0.132 e. The summed E-state index contributed by atoms with van der Waals surface area (Å²) in [4.78, 5) is 0. The molecule has 0 atom stereocenters. The van der Waals surface area contributed by atoms with E-state index >= 15 is 0 Å². The molecule has 1 N–H and O–H groups in total. The lowest BCUT2D eigenvalue weighted by molar-refractivity contribution is 0.277. The van der Waals surface area contributed by atoms with Crippen molar-refractivity contribution in [2.45, 2.75) is 6.61 Å². The zero-order chi connectivity index (χ0) is 14.8. The Morgan fingerprint density at radius 3 is 2.67 bits per heavy atom. The highest BCUT2D eigenvalue weighted by Crippen LogP contribution is 2.28. The SMILES string of the molecule is OCc1nnn(-c2cccc(Cl)c2)c1-c1ccccc1F. The Bertz CT molecular complexity index is 788. The highest BCUT2D eigenvalue weighted by atomic mass is 35.5. The van der Waals surface area contributed by atoms with Crippen molar-refractivity contribution in [3.63, 3.8) is 0 Å². The van der Waals surface area contributed by atoms with Crippen LogP contribution in [-0.2, 0) is 6.61 Å². The third kappa shape index (κ3) is 2.53. The lowest BCUT2D eigenvalue weighted by atomic mass is 10.1. The van der Waals surface area contributed by atoms with Crippen molar-refractivity contribution in [1.29, 1.82) is 0 Å². The number of aliphatic hydroxyl groups is 1. The first-order valence-corrected chi connectivity index (χ1v) is 6.65. The van der Waals surface area contributed by atoms with Crippen molar-refractivity contribution in [3.8, 4) is 16.9 Å². The molecule has 3 aromatic rings. The van der Waals surface area contributed by atoms with Gasteiger partial charge in [0, 0.05) is 10.6 Å². The van der Waals surface area contributed by atoms with Crippen LogP contribution < -0.4 is 0 Å². The van der Waals surface area contributed by atoms with E-state index in [9.17, 15) is 9.50 Å². The fourth-order valence-electron chi connectivity index (χ4n) is 2.13. The fourth-order valence-corrected chi connectivity index (χ4v) is 2.32. The fraction of sp³-hybridized carbons (Fsp3) is 0.0667. The Labute approximate surface area is 125 Å². The summed E-state index contributed by atoms with van der Waals surface area (Å²) in [5.74, 6) is -0.405. The summed E-state index contributed by atoms with van der Waals surface area (Å²) in [5.41, 5.74) is 1.69. The van der Waals surface area contributed by atoms with E-state index in [0.29, 0.717) is 27.7 Å². The zero-order valence-electron chi connectivity index (χ0n) is 10.9. The summed E-state index contributed by atoms with van der Waals surface area (Å²) in [6.45, 7) is -0.329. The molecule has 1 aromatic heterocycles. The van der Waals surface area contributed by atoms with Gasteiger partial charge in [0.1, 0.15) is 17.2 Å². The smallest absolute Gasteiger partial charge is 0.132 e. The van der Waals surface area contributed by atoms with Gasteiger partial charge in [-0.2, -0.15) is 0 Å². The molecule has 0 radical (unpaired) electrons. The average molecular weight is 304 g/mol. The van der Waals surface area contributed by atoms with Crippen LogP contribution in [0.5, 0.6) is 0 Å². The van der Waals surface area contributed by atoms with Gasteiger partial charge in [-0.15, -0.1) is 5.10 Å². The lowest BCUT2D eigenvalue weighted by Gasteiger charge is -2.09. The van der Waals surface area contributed by atoms with Gasteiger partial charge in [0.25, 0.3) is 0 Å². The Balaban J connectivity index is 2.24. The summed E-state index contributed by atoms with van der Waals surface area (Å²) in [7, 11) is 0. The summed E-state index contributed by atoms with van der Waals surface area (Å²) in [6, 6.07) is 13.3. The minimum Gasteiger partial charge on any atom is -0.390 e. The van der Waals surface area contributed by atoms with E-state index in [-0.39, 0.29) is 6.61 Å². The molecule has 3 rings (SSSR count). The second kappa shape index (κ2) is 5.63. The van der Waals surface area contributed by atoms with Crippen LogP contribution >= 0.6 is 11.6 Å². The molecule has 106 valence electrons. The van der Waals surface area contributed by atoms with Crippen LogP contribution in [0.3, 0.4) is 0 Å². The van der Waals surface area contributed by atoms with Crippen molar-refractivity contribution >= 4 is 11.6 Å². The van der Waals surface area contributed by atoms with Gasteiger partial charge in [-0.25, -0.2) is 9.07 Å². The third-order valence-corrected chi connectivity index (χ3v) is 3.31. The number of benzene rings is 2. The summed E-state index contributed by atoms with van der Waals surface area (Å²) in [6.07, 6.45) is 0. The van der Waals surface area contributed by atoms with Gasteiger partial charge in [-0.1, -0.05) is 35.0 Å². The van der Waals surface area contributed by atoms with Crippen LogP contribution in [0.15, 0.2) is 48.5 Å². The maximum atomic E-state index is 14.1. The van der Waals surface area contributed by atoms with E-state index in [1.807, 2.05) is 0 Å². The van der Waals surface area contributed by atoms with Crippen molar-refractivity contribution in [3.05, 3.63) is 65.1 Å². The van der Waals surface area contributed by atoms with Crippen LogP contribution in [0, 0.1) is 5.82 Å². The average Bonchev–Trinajstić information content (AvgIpc) is 2.91. The second-order valence-electron chi connectivity index (χ2n) is 4.41. The third-order valence-electron chi connectivity index (χ3n) is 3.07. The number of aliphatic hydroxyl groups excluding tert-OH is 1. The minimum atomic E-state index is -0.405. The molecule has 0 spiro atoms. The van der Waals surface area contributed by atoms with Gasteiger partial charge >= 0.3 is 0 Å². The molecule has 0 saturated heterocycles. The lowest BCUT2D eigenvalue weighted by Crippen LogP contribution is -2.01. The normalized spacial score (nSPS) is 10.8. The van der Waals surface area contributed by atoms with E-state index in [1.165, 1.54) is 10.7 Å². The van der Waals surface area contributed by atoms with E-state index < -0.39 is 5.82 Å². The number of halogens is 2. The first-order chi connectivity index (χ1) is 10.2. The number of aromatic nitrogens is 3. The maximum absolute atomic E-state index is 14.1. The van der Waals surface area contributed by atoms with Crippen molar-refractivity contribution < 1.29 is 9.50 Å². The Hall–Kier alpha value is -2.24. The van der Waals surface area contributed by atoms with Crippen LogP contribution in [0.4, 0.5) is 4.39 Å². The molecule has 0 aliphatic heterocycles. The molecule has 0 amide bonds. The Morgan fingerprint density at radius 2 is 1.95 bits per heavy atom. The topological polar surface area (TPSA) is 50.9 Å². The van der Waals surface area contributed by atoms with Crippen LogP contribution in [0.1, 0.15) is 5.69 Å². The number of nitrogens with zero attached hydrogens (tertiary/aromatic N) is 3. The van der Waals surface area contributed by atoms with E-state index in [1.54, 1.807) is 42.5 Å². The molecule has 0 aliphatic rings. The van der Waals surface area contributed by atoms with Crippen LogP contribution in [-0.4, -0.2) is 20.1 Å². The molecule has 0 saturated carbocycles. The van der Waals surface area contributed by atoms with Crippen LogP contribution in [0.2, 0.25) is 5.02 Å². The Morgan fingerprint density at radius 1 is 1.14 bits per heavy atom. The molecule has 4 nitrogen and oxygen atoms in total. The number of hydrogen-bond acceptors (Lipinski definition) is 3. The summed E-state index contributed by atoms with van der Waals surface area (Å²) >= 11 is 5.98.